The van der Waals surface area contributed by atoms with E-state index < -0.39 is 0 Å². The van der Waals surface area contributed by atoms with Crippen LogP contribution in [0.15, 0.2) is 41.6 Å². The van der Waals surface area contributed by atoms with Gasteiger partial charge in [0.05, 0.1) is 0 Å². The molecule has 2 aromatic heterocycles. The van der Waals surface area contributed by atoms with Crippen molar-refractivity contribution < 1.29 is 9.53 Å². The Balaban J connectivity index is 1.53. The monoisotopic (exact) mass is 328 g/mol. The number of hydrogen-bond donors (Lipinski definition) is 1. The Kier molecular flexibility index (Phi) is 4.88. The minimum atomic E-state index is -0.313. The van der Waals surface area contributed by atoms with Gasteiger partial charge in [0.25, 0.3) is 11.5 Å². The van der Waals surface area contributed by atoms with E-state index >= 15 is 0 Å². The van der Waals surface area contributed by atoms with Gasteiger partial charge in [0.15, 0.2) is 0 Å². The number of carbonyl (C=O) groups is 1. The van der Waals surface area contributed by atoms with Crippen LogP contribution in [-0.4, -0.2) is 32.6 Å². The van der Waals surface area contributed by atoms with Crippen LogP contribution in [0.25, 0.3) is 0 Å². The zero-order valence-electron chi connectivity index (χ0n) is 13.5. The van der Waals surface area contributed by atoms with Crippen LogP contribution < -0.4 is 15.6 Å². The number of aromatic nitrogens is 3. The molecule has 126 valence electrons. The van der Waals surface area contributed by atoms with Gasteiger partial charge in [0.2, 0.25) is 0 Å². The van der Waals surface area contributed by atoms with Crippen LogP contribution in [0.3, 0.4) is 0 Å². The molecule has 1 fully saturated rings. The number of nitrogens with zero attached hydrogens (tertiary/aromatic N) is 3. The van der Waals surface area contributed by atoms with Crippen LogP contribution in [0.2, 0.25) is 0 Å². The molecule has 1 aliphatic carbocycles. The third-order valence-corrected chi connectivity index (χ3v) is 4.19. The van der Waals surface area contributed by atoms with Gasteiger partial charge in [-0.25, -0.2) is 9.97 Å². The number of hydrogen-bond acceptors (Lipinski definition) is 5. The molecule has 1 saturated carbocycles. The number of pyridine rings is 1. The minimum Gasteiger partial charge on any atom is -0.460 e. The average Bonchev–Trinajstić information content (AvgIpc) is 2.60. The smallest absolute Gasteiger partial charge is 0.316 e. The highest BCUT2D eigenvalue weighted by atomic mass is 16.5. The SMILES string of the molecule is Cn1cccc(C(=O)NC2CCC(Oc3ncccn3)CC2)c1=O. The lowest BCUT2D eigenvalue weighted by atomic mass is 9.93. The highest BCUT2D eigenvalue weighted by Gasteiger charge is 2.25. The van der Waals surface area contributed by atoms with Crippen molar-refractivity contribution in [1.82, 2.24) is 19.9 Å². The standard InChI is InChI=1S/C17H20N4O3/c1-21-11-2-4-14(16(21)23)15(22)20-12-5-7-13(8-6-12)24-17-18-9-3-10-19-17/h2-4,9-13H,5-8H2,1H3,(H,20,22). The maximum Gasteiger partial charge on any atom is 0.316 e. The van der Waals surface area contributed by atoms with Gasteiger partial charge < -0.3 is 14.6 Å². The predicted octanol–water partition coefficient (Wildman–Crippen LogP) is 1.30. The third-order valence-electron chi connectivity index (χ3n) is 4.19. The maximum atomic E-state index is 12.3. The van der Waals surface area contributed by atoms with Crippen molar-refractivity contribution in [3.8, 4) is 6.01 Å². The van der Waals surface area contributed by atoms with Crippen LogP contribution in [0.4, 0.5) is 0 Å². The molecule has 3 rings (SSSR count). The van der Waals surface area contributed by atoms with Crippen LogP contribution in [-0.2, 0) is 7.05 Å². The summed E-state index contributed by atoms with van der Waals surface area (Å²) in [7, 11) is 1.63. The molecule has 7 nitrogen and oxygen atoms in total. The van der Waals surface area contributed by atoms with Gasteiger partial charge in [0.1, 0.15) is 11.7 Å². The lowest BCUT2D eigenvalue weighted by Gasteiger charge is -2.28. The van der Waals surface area contributed by atoms with Crippen LogP contribution >= 0.6 is 0 Å². The lowest BCUT2D eigenvalue weighted by molar-refractivity contribution is 0.0883. The molecule has 1 aliphatic rings. The molecule has 7 heteroatoms. The molecular weight excluding hydrogens is 308 g/mol. The summed E-state index contributed by atoms with van der Waals surface area (Å²) in [5.41, 5.74) is -0.107. The lowest BCUT2D eigenvalue weighted by Crippen LogP contribution is -2.41. The van der Waals surface area contributed by atoms with E-state index in [-0.39, 0.29) is 29.2 Å². The van der Waals surface area contributed by atoms with Crippen molar-refractivity contribution in [3.05, 3.63) is 52.7 Å². The Morgan fingerprint density at radius 3 is 2.62 bits per heavy atom. The summed E-state index contributed by atoms with van der Waals surface area (Å²) in [6.45, 7) is 0. The second-order valence-corrected chi connectivity index (χ2v) is 5.93. The molecule has 2 heterocycles. The van der Waals surface area contributed by atoms with Crippen LogP contribution in [0, 0.1) is 0 Å². The van der Waals surface area contributed by atoms with E-state index in [1.54, 1.807) is 43.8 Å². The van der Waals surface area contributed by atoms with E-state index in [1.807, 2.05) is 0 Å². The maximum absolute atomic E-state index is 12.3. The molecule has 0 aromatic carbocycles. The van der Waals surface area contributed by atoms with E-state index in [0.717, 1.165) is 25.7 Å². The molecule has 0 radical (unpaired) electrons. The molecule has 0 bridgehead atoms. The fraction of sp³-hybridized carbons (Fsp3) is 0.412. The number of carbonyl (C=O) groups excluding carboxylic acids is 1. The van der Waals surface area contributed by atoms with Crippen molar-refractivity contribution in [3.63, 3.8) is 0 Å². The van der Waals surface area contributed by atoms with Crippen molar-refractivity contribution >= 4 is 5.91 Å². The van der Waals surface area contributed by atoms with Crippen LogP contribution in [0.5, 0.6) is 6.01 Å². The molecule has 1 amide bonds. The molecule has 2 aromatic rings. The first-order valence-corrected chi connectivity index (χ1v) is 8.03. The van der Waals surface area contributed by atoms with E-state index in [4.69, 9.17) is 4.74 Å². The Bertz CT molecular complexity index is 752. The molecular formula is C17H20N4O3. The van der Waals surface area contributed by atoms with E-state index in [9.17, 15) is 9.59 Å². The van der Waals surface area contributed by atoms with Gasteiger partial charge in [-0.05, 0) is 43.9 Å². The summed E-state index contributed by atoms with van der Waals surface area (Å²) in [6.07, 6.45) is 8.22. The van der Waals surface area contributed by atoms with Crippen molar-refractivity contribution in [2.45, 2.75) is 37.8 Å². The second kappa shape index (κ2) is 7.25. The molecule has 0 spiro atoms. The Labute approximate surface area is 139 Å². The molecule has 0 atom stereocenters. The number of amides is 1. The quantitative estimate of drug-likeness (QED) is 0.914. The number of aryl methyl sites for hydroxylation is 1. The summed E-state index contributed by atoms with van der Waals surface area (Å²) in [6, 6.07) is 5.43. The summed E-state index contributed by atoms with van der Waals surface area (Å²) in [5.74, 6) is -0.313. The number of rotatable bonds is 4. The van der Waals surface area contributed by atoms with Gasteiger partial charge in [-0.1, -0.05) is 0 Å². The minimum absolute atomic E-state index is 0.0546. The Hall–Kier alpha value is -2.70. The molecule has 24 heavy (non-hydrogen) atoms. The second-order valence-electron chi connectivity index (χ2n) is 5.93. The van der Waals surface area contributed by atoms with Gasteiger partial charge in [-0.3, -0.25) is 9.59 Å². The number of nitrogens with one attached hydrogen (secondary N) is 1. The van der Waals surface area contributed by atoms with Gasteiger partial charge in [0, 0.05) is 31.7 Å². The normalized spacial score (nSPS) is 20.4. The Morgan fingerprint density at radius 1 is 1.21 bits per heavy atom. The molecule has 0 unspecified atom stereocenters. The van der Waals surface area contributed by atoms with Gasteiger partial charge >= 0.3 is 6.01 Å². The van der Waals surface area contributed by atoms with Crippen molar-refractivity contribution in [2.24, 2.45) is 7.05 Å². The predicted molar refractivity (Wildman–Crippen MR) is 87.9 cm³/mol. The highest BCUT2D eigenvalue weighted by molar-refractivity contribution is 5.93. The summed E-state index contributed by atoms with van der Waals surface area (Å²) < 4.78 is 7.14. The van der Waals surface area contributed by atoms with Crippen molar-refractivity contribution in [1.29, 1.82) is 0 Å². The van der Waals surface area contributed by atoms with Crippen molar-refractivity contribution in [2.75, 3.05) is 0 Å². The molecule has 0 aliphatic heterocycles. The van der Waals surface area contributed by atoms with Crippen LogP contribution in [0.1, 0.15) is 36.0 Å². The zero-order chi connectivity index (χ0) is 16.9. The largest absolute Gasteiger partial charge is 0.460 e. The average molecular weight is 328 g/mol. The van der Waals surface area contributed by atoms with E-state index in [2.05, 4.69) is 15.3 Å². The highest BCUT2D eigenvalue weighted by Crippen LogP contribution is 2.22. The molecule has 1 N–H and O–H groups in total. The fourth-order valence-corrected chi connectivity index (χ4v) is 2.85. The fourth-order valence-electron chi connectivity index (χ4n) is 2.85. The topological polar surface area (TPSA) is 86.1 Å². The first kappa shape index (κ1) is 16.2. The first-order valence-electron chi connectivity index (χ1n) is 8.03. The third kappa shape index (κ3) is 3.79. The number of ether oxygens (including phenoxy) is 1. The Morgan fingerprint density at radius 2 is 1.92 bits per heavy atom. The molecule has 0 saturated heterocycles. The summed E-state index contributed by atoms with van der Waals surface area (Å²) >= 11 is 0. The zero-order valence-corrected chi connectivity index (χ0v) is 13.5. The van der Waals surface area contributed by atoms with E-state index in [1.165, 1.54) is 4.57 Å². The first-order chi connectivity index (χ1) is 11.6. The van der Waals surface area contributed by atoms with E-state index in [0.29, 0.717) is 6.01 Å². The van der Waals surface area contributed by atoms with Gasteiger partial charge in [-0.2, -0.15) is 0 Å². The summed E-state index contributed by atoms with van der Waals surface area (Å²) in [5, 5.41) is 2.95. The summed E-state index contributed by atoms with van der Waals surface area (Å²) in [4.78, 5) is 32.4. The van der Waals surface area contributed by atoms with Gasteiger partial charge in [-0.15, -0.1) is 0 Å².